The van der Waals surface area contributed by atoms with Gasteiger partial charge in [0.1, 0.15) is 16.8 Å². The molecule has 0 radical (unpaired) electrons. The second-order valence-corrected chi connectivity index (χ2v) is 7.13. The number of aromatic nitrogens is 5. The van der Waals surface area contributed by atoms with Gasteiger partial charge < -0.3 is 15.2 Å². The molecule has 30 heavy (non-hydrogen) atoms. The van der Waals surface area contributed by atoms with Gasteiger partial charge in [0.2, 0.25) is 0 Å². The van der Waals surface area contributed by atoms with E-state index in [9.17, 15) is 10.1 Å². The Labute approximate surface area is 175 Å². The molecule has 11 nitrogen and oxygen atoms in total. The molecule has 0 saturated heterocycles. The van der Waals surface area contributed by atoms with Gasteiger partial charge in [-0.2, -0.15) is 15.5 Å². The van der Waals surface area contributed by atoms with Crippen molar-refractivity contribution in [3.05, 3.63) is 35.4 Å². The van der Waals surface area contributed by atoms with E-state index in [1.807, 2.05) is 13.0 Å². The molecule has 0 aliphatic heterocycles. The van der Waals surface area contributed by atoms with Crippen molar-refractivity contribution >= 4 is 29.4 Å². The van der Waals surface area contributed by atoms with Gasteiger partial charge in [-0.3, -0.25) is 19.4 Å². The zero-order valence-corrected chi connectivity index (χ0v) is 16.8. The summed E-state index contributed by atoms with van der Waals surface area (Å²) >= 11 is 1.35. The van der Waals surface area contributed by atoms with Gasteiger partial charge in [-0.1, -0.05) is 0 Å². The predicted molar refractivity (Wildman–Crippen MR) is 107 cm³/mol. The summed E-state index contributed by atoms with van der Waals surface area (Å²) in [7, 11) is 0. The molecule has 0 aromatic carbocycles. The van der Waals surface area contributed by atoms with Crippen LogP contribution in [-0.2, 0) is 9.53 Å². The van der Waals surface area contributed by atoms with Gasteiger partial charge in [-0.25, -0.2) is 4.98 Å². The Hall–Kier alpha value is -3.56. The molecule has 1 amide bonds. The van der Waals surface area contributed by atoms with Crippen LogP contribution < -0.4 is 5.32 Å². The number of thiazole rings is 1. The van der Waals surface area contributed by atoms with Crippen molar-refractivity contribution in [1.82, 2.24) is 25.0 Å². The third kappa shape index (κ3) is 4.70. The number of rotatable bonds is 6. The molecule has 0 bridgehead atoms. The van der Waals surface area contributed by atoms with Crippen molar-refractivity contribution in [3.63, 3.8) is 0 Å². The predicted octanol–water partition coefficient (Wildman–Crippen LogP) is 2.29. The topological polar surface area (TPSA) is 159 Å². The Kier molecular flexibility index (Phi) is 6.89. The lowest BCUT2D eigenvalue weighted by Crippen LogP contribution is -2.33. The Bertz CT molecular complexity index is 1030. The van der Waals surface area contributed by atoms with Crippen LogP contribution in [0.2, 0.25) is 0 Å². The number of carboxylic acid groups (broad SMARTS) is 1. The van der Waals surface area contributed by atoms with E-state index < -0.39 is 0 Å². The van der Waals surface area contributed by atoms with E-state index in [1.54, 1.807) is 28.7 Å². The SMILES string of the molecule is CCOC1CC(n2cc(NC(=O)c3csc(-c4cn[nH]c4)n3)c(C#N)n2)C1.O=CO. The molecule has 0 unspecified atom stereocenters. The van der Waals surface area contributed by atoms with Crippen LogP contribution in [0.4, 0.5) is 5.69 Å². The Balaban J connectivity index is 0.000000806. The van der Waals surface area contributed by atoms with E-state index >= 15 is 0 Å². The molecule has 1 saturated carbocycles. The normalized spacial score (nSPS) is 17.2. The molecule has 1 fully saturated rings. The summed E-state index contributed by atoms with van der Waals surface area (Å²) in [5.41, 5.74) is 1.68. The number of amides is 1. The van der Waals surface area contributed by atoms with Gasteiger partial charge in [0, 0.05) is 23.7 Å². The molecule has 1 aliphatic rings. The first-order valence-corrected chi connectivity index (χ1v) is 9.92. The minimum atomic E-state index is -0.377. The van der Waals surface area contributed by atoms with Crippen molar-refractivity contribution in [1.29, 1.82) is 5.26 Å². The van der Waals surface area contributed by atoms with E-state index in [4.69, 9.17) is 14.6 Å². The van der Waals surface area contributed by atoms with Gasteiger partial charge in [-0.15, -0.1) is 11.3 Å². The maximum absolute atomic E-state index is 12.5. The van der Waals surface area contributed by atoms with Crippen LogP contribution in [-0.4, -0.2) is 55.2 Å². The zero-order chi connectivity index (χ0) is 21.5. The number of nitriles is 1. The third-order valence-electron chi connectivity index (χ3n) is 4.41. The highest BCUT2D eigenvalue weighted by Crippen LogP contribution is 2.35. The van der Waals surface area contributed by atoms with Gasteiger partial charge in [-0.05, 0) is 19.8 Å². The monoisotopic (exact) mass is 429 g/mol. The summed E-state index contributed by atoms with van der Waals surface area (Å²) in [6, 6.07) is 2.22. The van der Waals surface area contributed by atoms with Gasteiger partial charge in [0.15, 0.2) is 5.69 Å². The third-order valence-corrected chi connectivity index (χ3v) is 5.31. The van der Waals surface area contributed by atoms with Crippen LogP contribution in [0.1, 0.15) is 42.0 Å². The number of hydrogen-bond acceptors (Lipinski definition) is 8. The summed E-state index contributed by atoms with van der Waals surface area (Å²) in [6.07, 6.45) is 7.01. The van der Waals surface area contributed by atoms with Crippen LogP contribution in [0.15, 0.2) is 24.0 Å². The lowest BCUT2D eigenvalue weighted by atomic mass is 9.89. The fourth-order valence-corrected chi connectivity index (χ4v) is 3.72. The fraction of sp³-hybridized carbons (Fsp3) is 0.333. The first kappa shape index (κ1) is 21.2. The Morgan fingerprint density at radius 3 is 2.97 bits per heavy atom. The zero-order valence-electron chi connectivity index (χ0n) is 16.0. The molecule has 156 valence electrons. The highest BCUT2D eigenvalue weighted by atomic mass is 32.1. The van der Waals surface area contributed by atoms with Crippen LogP contribution in [0.3, 0.4) is 0 Å². The van der Waals surface area contributed by atoms with Crippen LogP contribution in [0.25, 0.3) is 10.6 Å². The molecule has 0 atom stereocenters. The molecule has 0 spiro atoms. The van der Waals surface area contributed by atoms with Crippen molar-refractivity contribution < 1.29 is 19.4 Å². The summed E-state index contributed by atoms with van der Waals surface area (Å²) in [5.74, 6) is -0.377. The number of nitrogens with zero attached hydrogens (tertiary/aromatic N) is 5. The summed E-state index contributed by atoms with van der Waals surface area (Å²) < 4.78 is 7.30. The summed E-state index contributed by atoms with van der Waals surface area (Å²) in [6.45, 7) is 2.41. The highest BCUT2D eigenvalue weighted by molar-refractivity contribution is 7.13. The molecular formula is C18H19N7O4S. The number of aromatic amines is 1. The molecule has 3 heterocycles. The van der Waals surface area contributed by atoms with E-state index in [1.165, 1.54) is 11.3 Å². The maximum atomic E-state index is 12.5. The van der Waals surface area contributed by atoms with E-state index in [0.717, 1.165) is 18.4 Å². The fourth-order valence-electron chi connectivity index (χ4n) is 2.94. The van der Waals surface area contributed by atoms with Crippen LogP contribution in [0.5, 0.6) is 0 Å². The van der Waals surface area contributed by atoms with Gasteiger partial charge in [0.25, 0.3) is 12.4 Å². The van der Waals surface area contributed by atoms with Crippen LogP contribution in [0, 0.1) is 11.3 Å². The number of carbonyl (C=O) groups is 2. The lowest BCUT2D eigenvalue weighted by molar-refractivity contribution is -0.122. The van der Waals surface area contributed by atoms with Crippen molar-refractivity contribution in [3.8, 4) is 16.6 Å². The molecule has 3 aromatic heterocycles. The molecule has 12 heteroatoms. The lowest BCUT2D eigenvalue weighted by Gasteiger charge is -2.34. The van der Waals surface area contributed by atoms with E-state index in [2.05, 4.69) is 25.6 Å². The number of anilines is 1. The first-order valence-electron chi connectivity index (χ1n) is 9.04. The quantitative estimate of drug-likeness (QED) is 0.503. The van der Waals surface area contributed by atoms with Gasteiger partial charge in [0.05, 0.1) is 30.2 Å². The van der Waals surface area contributed by atoms with Gasteiger partial charge >= 0.3 is 0 Å². The van der Waals surface area contributed by atoms with E-state index in [-0.39, 0.29) is 35.9 Å². The number of ether oxygens (including phenoxy) is 1. The molecule has 3 N–H and O–H groups in total. The Morgan fingerprint density at radius 2 is 2.33 bits per heavy atom. The molecule has 4 rings (SSSR count). The first-order chi connectivity index (χ1) is 14.6. The number of hydrogen-bond donors (Lipinski definition) is 3. The summed E-state index contributed by atoms with van der Waals surface area (Å²) in [5, 5.41) is 32.2. The number of H-pyrrole nitrogens is 1. The maximum Gasteiger partial charge on any atom is 0.290 e. The highest BCUT2D eigenvalue weighted by Gasteiger charge is 2.32. The number of nitrogens with one attached hydrogen (secondary N) is 2. The summed E-state index contributed by atoms with van der Waals surface area (Å²) in [4.78, 5) is 25.2. The van der Waals surface area contributed by atoms with Crippen LogP contribution >= 0.6 is 11.3 Å². The molecule has 3 aromatic rings. The second-order valence-electron chi connectivity index (χ2n) is 6.27. The van der Waals surface area contributed by atoms with Crippen molar-refractivity contribution in [2.24, 2.45) is 0 Å². The molecular weight excluding hydrogens is 410 g/mol. The Morgan fingerprint density at radius 1 is 1.57 bits per heavy atom. The number of carbonyl (C=O) groups excluding carboxylic acids is 1. The second kappa shape index (κ2) is 9.77. The van der Waals surface area contributed by atoms with Crippen molar-refractivity contribution in [2.45, 2.75) is 31.9 Å². The van der Waals surface area contributed by atoms with Crippen molar-refractivity contribution in [2.75, 3.05) is 11.9 Å². The standard InChI is InChI=1S/C17H17N7O2S.CH2O2/c1-2-26-12-3-11(4-12)24-8-14(13(5-18)23-24)21-16(25)15-9-27-17(22-15)10-6-19-20-7-10;2-1-3/h6-9,11-12H,2-4H2,1H3,(H,19,20)(H,21,25);1H,(H,2,3). The average molecular weight is 429 g/mol. The minimum Gasteiger partial charge on any atom is -0.483 e. The minimum absolute atomic E-state index is 0.186. The molecule has 1 aliphatic carbocycles. The average Bonchev–Trinajstić information content (AvgIpc) is 3.44. The largest absolute Gasteiger partial charge is 0.483 e. The smallest absolute Gasteiger partial charge is 0.290 e. The van der Waals surface area contributed by atoms with E-state index in [0.29, 0.717) is 17.3 Å².